The summed E-state index contributed by atoms with van der Waals surface area (Å²) in [4.78, 5) is 12.2. The fourth-order valence-corrected chi connectivity index (χ4v) is 3.58. The number of sulfone groups is 1. The molecule has 0 saturated heterocycles. The molecule has 134 valence electrons. The maximum Gasteiger partial charge on any atom is 0.416 e. The van der Waals surface area contributed by atoms with E-state index in [1.54, 1.807) is 7.05 Å². The van der Waals surface area contributed by atoms with Gasteiger partial charge in [0.25, 0.3) is 0 Å². The first-order valence-electron chi connectivity index (χ1n) is 7.48. The number of rotatable bonds is 4. The van der Waals surface area contributed by atoms with Crippen molar-refractivity contribution in [1.82, 2.24) is 9.78 Å². The van der Waals surface area contributed by atoms with E-state index in [9.17, 15) is 26.4 Å². The summed E-state index contributed by atoms with van der Waals surface area (Å²) in [5.74, 6) is -0.500. The van der Waals surface area contributed by atoms with E-state index in [4.69, 9.17) is 0 Å². The molecule has 1 heterocycles. The number of alkyl halides is 3. The highest BCUT2D eigenvalue weighted by Crippen LogP contribution is 2.41. The molecule has 2 aromatic rings. The van der Waals surface area contributed by atoms with Crippen LogP contribution in [-0.4, -0.2) is 30.2 Å². The molecule has 3 rings (SSSR count). The van der Waals surface area contributed by atoms with Crippen molar-refractivity contribution in [2.45, 2.75) is 29.8 Å². The molecule has 25 heavy (non-hydrogen) atoms. The van der Waals surface area contributed by atoms with Crippen LogP contribution in [0.1, 0.15) is 45.9 Å². The Morgan fingerprint density at radius 3 is 2.40 bits per heavy atom. The van der Waals surface area contributed by atoms with Gasteiger partial charge in [-0.2, -0.15) is 18.3 Å². The maximum absolute atomic E-state index is 12.9. The Morgan fingerprint density at radius 1 is 1.24 bits per heavy atom. The number of hydrogen-bond acceptors (Lipinski definition) is 4. The Hall–Kier alpha value is -2.16. The lowest BCUT2D eigenvalue weighted by molar-refractivity contribution is -0.137. The minimum Gasteiger partial charge on any atom is -0.288 e. The third kappa shape index (κ3) is 3.46. The van der Waals surface area contributed by atoms with Crippen LogP contribution < -0.4 is 0 Å². The lowest BCUT2D eigenvalue weighted by Gasteiger charge is -2.12. The van der Waals surface area contributed by atoms with Crippen LogP contribution in [0.5, 0.6) is 0 Å². The van der Waals surface area contributed by atoms with Gasteiger partial charge in [0, 0.05) is 31.0 Å². The molecule has 0 atom stereocenters. The van der Waals surface area contributed by atoms with E-state index >= 15 is 0 Å². The molecule has 1 aromatic heterocycles. The van der Waals surface area contributed by atoms with Gasteiger partial charge < -0.3 is 0 Å². The second-order valence-corrected chi connectivity index (χ2v) is 8.17. The molecule has 1 aliphatic rings. The topological polar surface area (TPSA) is 69.0 Å². The zero-order chi connectivity index (χ0) is 18.6. The van der Waals surface area contributed by atoms with E-state index in [2.05, 4.69) is 5.10 Å². The van der Waals surface area contributed by atoms with Crippen molar-refractivity contribution in [2.24, 2.45) is 7.05 Å². The van der Waals surface area contributed by atoms with Gasteiger partial charge in [0.15, 0.2) is 15.6 Å². The molecule has 0 bridgehead atoms. The Balaban J connectivity index is 2.15. The number of carbonyl (C=O) groups is 1. The number of hydrogen-bond donors (Lipinski definition) is 0. The fraction of sp³-hybridized carbons (Fsp3) is 0.375. The van der Waals surface area contributed by atoms with Gasteiger partial charge in [0.2, 0.25) is 0 Å². The van der Waals surface area contributed by atoms with Gasteiger partial charge >= 0.3 is 6.18 Å². The summed E-state index contributed by atoms with van der Waals surface area (Å²) in [5.41, 5.74) is -0.593. The minimum absolute atomic E-state index is 0.135. The molecule has 1 aliphatic carbocycles. The number of benzene rings is 1. The first-order chi connectivity index (χ1) is 11.5. The monoisotopic (exact) mass is 372 g/mol. The van der Waals surface area contributed by atoms with Gasteiger partial charge in [-0.3, -0.25) is 9.48 Å². The van der Waals surface area contributed by atoms with Crippen LogP contribution in [0.2, 0.25) is 0 Å². The van der Waals surface area contributed by atoms with Crippen LogP contribution in [0, 0.1) is 0 Å². The van der Waals surface area contributed by atoms with Crippen molar-refractivity contribution in [3.05, 3.63) is 46.8 Å². The van der Waals surface area contributed by atoms with E-state index in [0.29, 0.717) is 11.8 Å². The number of nitrogens with zero attached hydrogens (tertiary/aromatic N) is 2. The van der Waals surface area contributed by atoms with Crippen molar-refractivity contribution in [1.29, 1.82) is 0 Å². The molecule has 0 unspecified atom stereocenters. The van der Waals surface area contributed by atoms with Gasteiger partial charge in [-0.25, -0.2) is 8.42 Å². The molecule has 0 amide bonds. The first-order valence-corrected chi connectivity index (χ1v) is 9.37. The second-order valence-electron chi connectivity index (χ2n) is 6.19. The quantitative estimate of drug-likeness (QED) is 0.774. The standard InChI is InChI=1S/C16H15F3N2O3S/c1-21-8-12(14(20-21)9-3-4-9)15(22)11-6-5-10(16(17,18)19)7-13(11)25(2,23)24/h5-9H,3-4H2,1-2H3. The Kier molecular flexibility index (Phi) is 4.02. The molecule has 1 saturated carbocycles. The van der Waals surface area contributed by atoms with E-state index in [0.717, 1.165) is 31.2 Å². The van der Waals surface area contributed by atoms with Crippen LogP contribution >= 0.6 is 0 Å². The molecule has 1 fully saturated rings. The lowest BCUT2D eigenvalue weighted by atomic mass is 10.0. The third-order valence-corrected chi connectivity index (χ3v) is 5.16. The number of halogens is 3. The van der Waals surface area contributed by atoms with Crippen molar-refractivity contribution < 1.29 is 26.4 Å². The van der Waals surface area contributed by atoms with Crippen LogP contribution in [0.3, 0.4) is 0 Å². The normalized spacial score (nSPS) is 15.4. The molecule has 5 nitrogen and oxygen atoms in total. The molecular weight excluding hydrogens is 357 g/mol. The summed E-state index contributed by atoms with van der Waals surface area (Å²) in [5, 5.41) is 4.23. The van der Waals surface area contributed by atoms with Crippen LogP contribution in [-0.2, 0) is 23.1 Å². The average Bonchev–Trinajstić information content (AvgIpc) is 3.26. The molecule has 0 N–H and O–H groups in total. The molecule has 0 spiro atoms. The van der Waals surface area contributed by atoms with Crippen LogP contribution in [0.4, 0.5) is 13.2 Å². The number of aromatic nitrogens is 2. The van der Waals surface area contributed by atoms with Gasteiger partial charge in [-0.05, 0) is 31.0 Å². The Labute approximate surface area is 142 Å². The third-order valence-electron chi connectivity index (χ3n) is 4.02. The Morgan fingerprint density at radius 2 is 1.88 bits per heavy atom. The minimum atomic E-state index is -4.70. The van der Waals surface area contributed by atoms with Crippen molar-refractivity contribution in [3.63, 3.8) is 0 Å². The molecular formula is C16H15F3N2O3S. The maximum atomic E-state index is 12.9. The largest absolute Gasteiger partial charge is 0.416 e. The molecule has 1 aromatic carbocycles. The lowest BCUT2D eigenvalue weighted by Crippen LogP contribution is -2.13. The second kappa shape index (κ2) is 5.69. The van der Waals surface area contributed by atoms with Crippen molar-refractivity contribution >= 4 is 15.6 Å². The van der Waals surface area contributed by atoms with Gasteiger partial charge in [0.1, 0.15) is 0 Å². The molecule has 0 radical (unpaired) electrons. The predicted octanol–water partition coefficient (Wildman–Crippen LogP) is 2.95. The van der Waals surface area contributed by atoms with Gasteiger partial charge in [-0.15, -0.1) is 0 Å². The van der Waals surface area contributed by atoms with Crippen molar-refractivity contribution in [3.8, 4) is 0 Å². The summed E-state index contributed by atoms with van der Waals surface area (Å²) in [6, 6.07) is 2.15. The van der Waals surface area contributed by atoms with Gasteiger partial charge in [-0.1, -0.05) is 0 Å². The Bertz CT molecular complexity index is 957. The van der Waals surface area contributed by atoms with E-state index in [-0.39, 0.29) is 17.0 Å². The van der Waals surface area contributed by atoms with Crippen molar-refractivity contribution in [2.75, 3.05) is 6.26 Å². The molecule has 9 heteroatoms. The SMILES string of the molecule is Cn1cc(C(=O)c2ccc(C(F)(F)F)cc2S(C)(=O)=O)c(C2CC2)n1. The zero-order valence-electron chi connectivity index (χ0n) is 13.5. The van der Waals surface area contributed by atoms with E-state index < -0.39 is 32.3 Å². The highest BCUT2D eigenvalue weighted by atomic mass is 32.2. The molecule has 0 aliphatic heterocycles. The van der Waals surface area contributed by atoms with Gasteiger partial charge in [0.05, 0.1) is 21.7 Å². The highest BCUT2D eigenvalue weighted by molar-refractivity contribution is 7.90. The summed E-state index contributed by atoms with van der Waals surface area (Å²) >= 11 is 0. The predicted molar refractivity (Wildman–Crippen MR) is 83.2 cm³/mol. The van der Waals surface area contributed by atoms with Crippen LogP contribution in [0.25, 0.3) is 0 Å². The average molecular weight is 372 g/mol. The van der Waals surface area contributed by atoms with E-state index in [1.807, 2.05) is 0 Å². The summed E-state index contributed by atoms with van der Waals surface area (Å²) in [7, 11) is -2.40. The first kappa shape index (κ1) is 17.7. The summed E-state index contributed by atoms with van der Waals surface area (Å²) < 4.78 is 64.1. The fourth-order valence-electron chi connectivity index (χ4n) is 2.68. The summed E-state index contributed by atoms with van der Waals surface area (Å²) in [6.07, 6.45) is -0.689. The van der Waals surface area contributed by atoms with Crippen LogP contribution in [0.15, 0.2) is 29.3 Å². The number of aryl methyl sites for hydroxylation is 1. The zero-order valence-corrected chi connectivity index (χ0v) is 14.3. The number of carbonyl (C=O) groups excluding carboxylic acids is 1. The summed E-state index contributed by atoms with van der Waals surface area (Å²) in [6.45, 7) is 0. The smallest absolute Gasteiger partial charge is 0.288 e. The highest BCUT2D eigenvalue weighted by Gasteiger charge is 2.35. The number of ketones is 1. The van der Waals surface area contributed by atoms with E-state index in [1.165, 1.54) is 10.9 Å².